The van der Waals surface area contributed by atoms with Gasteiger partial charge in [0.25, 0.3) is 0 Å². The van der Waals surface area contributed by atoms with Gasteiger partial charge < -0.3 is 4.74 Å². The van der Waals surface area contributed by atoms with Gasteiger partial charge in [-0.3, -0.25) is 0 Å². The fraction of sp³-hybridized carbons (Fsp3) is 0.500. The molecule has 0 saturated heterocycles. The van der Waals surface area contributed by atoms with Gasteiger partial charge in [0.2, 0.25) is 0 Å². The fourth-order valence-corrected chi connectivity index (χ4v) is 2.26. The topological polar surface area (TPSA) is 9.23 Å². The van der Waals surface area contributed by atoms with E-state index in [1.807, 2.05) is 6.92 Å². The van der Waals surface area contributed by atoms with Crippen LogP contribution in [-0.2, 0) is 0 Å². The molecule has 1 nitrogen and oxygen atoms in total. The van der Waals surface area contributed by atoms with E-state index >= 15 is 0 Å². The van der Waals surface area contributed by atoms with Crippen molar-refractivity contribution in [2.24, 2.45) is 0 Å². The molecule has 1 aliphatic carbocycles. The Morgan fingerprint density at radius 1 is 1.13 bits per heavy atom. The van der Waals surface area contributed by atoms with Crippen LogP contribution < -0.4 is 4.74 Å². The molecule has 0 N–H and O–H groups in total. The van der Waals surface area contributed by atoms with Crippen molar-refractivity contribution in [3.8, 4) is 5.75 Å². The largest absolute Gasteiger partial charge is 0.494 e. The van der Waals surface area contributed by atoms with Crippen LogP contribution in [0.3, 0.4) is 0 Å². The first-order valence-electron chi connectivity index (χ1n) is 5.94. The lowest BCUT2D eigenvalue weighted by molar-refractivity contribution is 0.340. The van der Waals surface area contributed by atoms with Gasteiger partial charge in [0.1, 0.15) is 5.75 Å². The summed E-state index contributed by atoms with van der Waals surface area (Å²) in [7, 11) is 0. The van der Waals surface area contributed by atoms with Crippen molar-refractivity contribution in [1.82, 2.24) is 0 Å². The molecule has 1 saturated carbocycles. The Labute approximate surface area is 92.5 Å². The maximum Gasteiger partial charge on any atom is 0.119 e. The van der Waals surface area contributed by atoms with Crippen molar-refractivity contribution in [1.29, 1.82) is 0 Å². The molecule has 0 unspecified atom stereocenters. The Kier molecular flexibility index (Phi) is 3.65. The monoisotopic (exact) mass is 203 g/mol. The van der Waals surface area contributed by atoms with E-state index in [4.69, 9.17) is 4.74 Å². The van der Waals surface area contributed by atoms with E-state index in [9.17, 15) is 0 Å². The van der Waals surface area contributed by atoms with Gasteiger partial charge in [-0.05, 0) is 62.6 Å². The zero-order chi connectivity index (χ0) is 10.5. The first-order valence-corrected chi connectivity index (χ1v) is 5.94. The summed E-state index contributed by atoms with van der Waals surface area (Å²) in [5, 5.41) is 0. The van der Waals surface area contributed by atoms with Crippen molar-refractivity contribution in [2.45, 2.75) is 38.5 Å². The van der Waals surface area contributed by atoms with Crippen LogP contribution in [0.4, 0.5) is 0 Å². The average molecular weight is 203 g/mol. The van der Waals surface area contributed by atoms with Crippen LogP contribution in [0, 0.1) is 6.42 Å². The molecule has 1 heteroatoms. The summed E-state index contributed by atoms with van der Waals surface area (Å²) >= 11 is 0. The molecule has 1 fully saturated rings. The first-order chi connectivity index (χ1) is 7.40. The molecule has 0 atom stereocenters. The summed E-state index contributed by atoms with van der Waals surface area (Å²) in [6.45, 7) is 2.77. The molecule has 1 radical (unpaired) electrons. The average Bonchev–Trinajstić information content (AvgIpc) is 2.32. The normalized spacial score (nSPS) is 17.7. The van der Waals surface area contributed by atoms with Gasteiger partial charge in [0, 0.05) is 0 Å². The maximum absolute atomic E-state index is 5.44. The van der Waals surface area contributed by atoms with Crippen molar-refractivity contribution in [3.63, 3.8) is 0 Å². The van der Waals surface area contributed by atoms with E-state index in [1.54, 1.807) is 0 Å². The Morgan fingerprint density at radius 2 is 1.80 bits per heavy atom. The zero-order valence-corrected chi connectivity index (χ0v) is 9.41. The summed E-state index contributed by atoms with van der Waals surface area (Å²) < 4.78 is 5.44. The quantitative estimate of drug-likeness (QED) is 0.722. The molecule has 1 aromatic carbocycles. The molecule has 0 heterocycles. The highest BCUT2D eigenvalue weighted by molar-refractivity contribution is 5.29. The van der Waals surface area contributed by atoms with Crippen molar-refractivity contribution < 1.29 is 4.74 Å². The summed E-state index contributed by atoms with van der Waals surface area (Å²) in [4.78, 5) is 0. The van der Waals surface area contributed by atoms with Crippen LogP contribution >= 0.6 is 0 Å². The van der Waals surface area contributed by atoms with Gasteiger partial charge in [-0.1, -0.05) is 12.1 Å². The van der Waals surface area contributed by atoms with Crippen LogP contribution in [0.15, 0.2) is 24.3 Å². The predicted octanol–water partition coefficient (Wildman–Crippen LogP) is 3.95. The second kappa shape index (κ2) is 5.20. The van der Waals surface area contributed by atoms with E-state index in [-0.39, 0.29) is 0 Å². The minimum atomic E-state index is 0.748. The molecule has 1 aliphatic rings. The minimum Gasteiger partial charge on any atom is -0.494 e. The molecule has 0 aromatic heterocycles. The van der Waals surface area contributed by atoms with Crippen LogP contribution in [0.1, 0.15) is 44.1 Å². The third-order valence-electron chi connectivity index (χ3n) is 3.10. The van der Waals surface area contributed by atoms with Gasteiger partial charge in [-0.25, -0.2) is 0 Å². The number of hydrogen-bond acceptors (Lipinski definition) is 1. The van der Waals surface area contributed by atoms with Crippen molar-refractivity contribution >= 4 is 0 Å². The van der Waals surface area contributed by atoms with Crippen molar-refractivity contribution in [3.05, 3.63) is 36.2 Å². The number of rotatable bonds is 3. The van der Waals surface area contributed by atoms with Crippen LogP contribution in [0.25, 0.3) is 0 Å². The van der Waals surface area contributed by atoms with Gasteiger partial charge in [0.05, 0.1) is 6.61 Å². The lowest BCUT2D eigenvalue weighted by Gasteiger charge is -2.21. The Morgan fingerprint density at radius 3 is 2.40 bits per heavy atom. The molecule has 81 valence electrons. The van der Waals surface area contributed by atoms with E-state index in [2.05, 4.69) is 30.7 Å². The predicted molar refractivity (Wildman–Crippen MR) is 63.1 cm³/mol. The third kappa shape index (κ3) is 2.74. The summed E-state index contributed by atoms with van der Waals surface area (Å²) in [6.07, 6.45) is 7.59. The molecule has 2 rings (SSSR count). The van der Waals surface area contributed by atoms with Gasteiger partial charge >= 0.3 is 0 Å². The second-order valence-electron chi connectivity index (χ2n) is 4.14. The van der Waals surface area contributed by atoms with Gasteiger partial charge in [0.15, 0.2) is 0 Å². The maximum atomic E-state index is 5.44. The van der Waals surface area contributed by atoms with Crippen LogP contribution in [0.5, 0.6) is 5.75 Å². The summed E-state index contributed by atoms with van der Waals surface area (Å²) in [5.41, 5.74) is 1.48. The standard InChI is InChI=1S/C14H19O/c1-2-15-14-10-8-13(9-11-14)12-6-4-3-5-7-12/h3,8-12H,2,4-7H2,1H3. The molecule has 15 heavy (non-hydrogen) atoms. The number of ether oxygens (including phenoxy) is 1. The molecular formula is C14H19O. The van der Waals surface area contributed by atoms with Gasteiger partial charge in [-0.2, -0.15) is 0 Å². The molecule has 1 aromatic rings. The second-order valence-corrected chi connectivity index (χ2v) is 4.14. The highest BCUT2D eigenvalue weighted by Crippen LogP contribution is 2.32. The van der Waals surface area contributed by atoms with E-state index in [0.29, 0.717) is 0 Å². The molecule has 0 aliphatic heterocycles. The smallest absolute Gasteiger partial charge is 0.119 e. The molecular weight excluding hydrogens is 184 g/mol. The Bertz CT molecular complexity index is 283. The van der Waals surface area contributed by atoms with Gasteiger partial charge in [-0.15, -0.1) is 0 Å². The SMILES string of the molecule is CCOc1ccc(C2CC[CH]CC2)cc1. The molecule has 0 spiro atoms. The van der Waals surface area contributed by atoms with E-state index in [1.165, 1.54) is 31.2 Å². The minimum absolute atomic E-state index is 0.748. The number of hydrogen-bond donors (Lipinski definition) is 0. The van der Waals surface area contributed by atoms with Crippen LogP contribution in [-0.4, -0.2) is 6.61 Å². The molecule has 0 amide bonds. The lowest BCUT2D eigenvalue weighted by Crippen LogP contribution is -2.04. The fourth-order valence-electron chi connectivity index (χ4n) is 2.26. The lowest BCUT2D eigenvalue weighted by atomic mass is 9.84. The van der Waals surface area contributed by atoms with E-state index < -0.39 is 0 Å². The third-order valence-corrected chi connectivity index (χ3v) is 3.10. The highest BCUT2D eigenvalue weighted by Gasteiger charge is 2.15. The zero-order valence-electron chi connectivity index (χ0n) is 9.41. The summed E-state index contributed by atoms with van der Waals surface area (Å²) in [6, 6.07) is 8.64. The molecule has 0 bridgehead atoms. The van der Waals surface area contributed by atoms with Crippen molar-refractivity contribution in [2.75, 3.05) is 6.61 Å². The van der Waals surface area contributed by atoms with E-state index in [0.717, 1.165) is 18.3 Å². The summed E-state index contributed by atoms with van der Waals surface area (Å²) in [5.74, 6) is 1.76. The first kappa shape index (κ1) is 10.5. The Hall–Kier alpha value is -0.980. The number of benzene rings is 1. The Balaban J connectivity index is 2.02. The van der Waals surface area contributed by atoms with Crippen LogP contribution in [0.2, 0.25) is 0 Å². The highest BCUT2D eigenvalue weighted by atomic mass is 16.5.